The number of aromatic nitrogens is 1. The molecule has 0 saturated heterocycles. The van der Waals surface area contributed by atoms with Crippen molar-refractivity contribution < 1.29 is 9.50 Å². The molecule has 0 unspecified atom stereocenters. The Kier molecular flexibility index (Phi) is 3.20. The van der Waals surface area contributed by atoms with Crippen LogP contribution in [0, 0.1) is 12.7 Å². The number of hydrogen-bond donors (Lipinski definition) is 2. The standard InChI is InChI=1S/C14H10FNO2.ClH/c1-7-5-8(17)6-10-9-3-2-4-11(15)12(9)14(18)16-13(7)10;/h2-6,17H,1H3,(H,16,18);1H. The minimum atomic E-state index is -0.559. The van der Waals surface area contributed by atoms with Gasteiger partial charge in [0, 0.05) is 5.39 Å². The van der Waals surface area contributed by atoms with Crippen molar-refractivity contribution in [1.82, 2.24) is 4.98 Å². The molecule has 2 aromatic carbocycles. The zero-order chi connectivity index (χ0) is 12.9. The van der Waals surface area contributed by atoms with Crippen molar-refractivity contribution in [3.05, 3.63) is 52.1 Å². The van der Waals surface area contributed by atoms with Crippen LogP contribution in [0.5, 0.6) is 5.75 Å². The number of aryl methyl sites for hydroxylation is 1. The maximum atomic E-state index is 13.7. The van der Waals surface area contributed by atoms with Crippen molar-refractivity contribution in [2.45, 2.75) is 6.92 Å². The predicted molar refractivity (Wildman–Crippen MR) is 75.7 cm³/mol. The predicted octanol–water partition coefficient (Wildman–Crippen LogP) is 3.26. The second-order valence-electron chi connectivity index (χ2n) is 4.30. The number of pyridine rings is 1. The third kappa shape index (κ3) is 1.94. The van der Waals surface area contributed by atoms with Crippen molar-refractivity contribution in [3.8, 4) is 5.75 Å². The van der Waals surface area contributed by atoms with E-state index in [4.69, 9.17) is 0 Å². The number of benzene rings is 2. The van der Waals surface area contributed by atoms with E-state index >= 15 is 0 Å². The number of phenols is 1. The Morgan fingerprint density at radius 3 is 2.68 bits per heavy atom. The molecular formula is C14H11ClFNO2. The van der Waals surface area contributed by atoms with Crippen LogP contribution in [0.2, 0.25) is 0 Å². The molecule has 0 amide bonds. The summed E-state index contributed by atoms with van der Waals surface area (Å²) < 4.78 is 13.7. The van der Waals surface area contributed by atoms with Crippen molar-refractivity contribution in [2.24, 2.45) is 0 Å². The second-order valence-corrected chi connectivity index (χ2v) is 4.30. The topological polar surface area (TPSA) is 53.1 Å². The summed E-state index contributed by atoms with van der Waals surface area (Å²) in [6, 6.07) is 7.56. The van der Waals surface area contributed by atoms with Gasteiger partial charge in [-0.25, -0.2) is 4.39 Å². The molecule has 19 heavy (non-hydrogen) atoms. The SMILES string of the molecule is Cc1cc(O)cc2c1[nH]c(=O)c1c(F)cccc12.Cl. The van der Waals surface area contributed by atoms with Gasteiger partial charge < -0.3 is 10.1 Å². The van der Waals surface area contributed by atoms with Crippen LogP contribution in [-0.2, 0) is 0 Å². The highest BCUT2D eigenvalue weighted by Gasteiger charge is 2.11. The lowest BCUT2D eigenvalue weighted by molar-refractivity contribution is 0.476. The van der Waals surface area contributed by atoms with Crippen LogP contribution in [0.4, 0.5) is 4.39 Å². The molecule has 0 saturated carbocycles. The molecule has 3 aromatic rings. The van der Waals surface area contributed by atoms with Gasteiger partial charge in [0.1, 0.15) is 11.6 Å². The van der Waals surface area contributed by atoms with E-state index in [2.05, 4.69) is 4.98 Å². The van der Waals surface area contributed by atoms with Gasteiger partial charge in [0.15, 0.2) is 0 Å². The van der Waals surface area contributed by atoms with Gasteiger partial charge >= 0.3 is 0 Å². The first-order valence-corrected chi connectivity index (χ1v) is 5.52. The molecule has 0 aliphatic rings. The molecule has 3 rings (SSSR count). The highest BCUT2D eigenvalue weighted by Crippen LogP contribution is 2.28. The summed E-state index contributed by atoms with van der Waals surface area (Å²) in [7, 11) is 0. The average molecular weight is 280 g/mol. The van der Waals surface area contributed by atoms with E-state index < -0.39 is 11.4 Å². The van der Waals surface area contributed by atoms with Crippen molar-refractivity contribution in [2.75, 3.05) is 0 Å². The second kappa shape index (κ2) is 4.55. The molecule has 0 aliphatic carbocycles. The number of aromatic amines is 1. The van der Waals surface area contributed by atoms with Gasteiger partial charge in [0.05, 0.1) is 10.9 Å². The van der Waals surface area contributed by atoms with Gasteiger partial charge in [-0.2, -0.15) is 0 Å². The quantitative estimate of drug-likeness (QED) is 0.621. The summed E-state index contributed by atoms with van der Waals surface area (Å²) in [5.41, 5.74) is 0.911. The van der Waals surface area contributed by atoms with Crippen molar-refractivity contribution in [1.29, 1.82) is 0 Å². The maximum absolute atomic E-state index is 13.7. The summed E-state index contributed by atoms with van der Waals surface area (Å²) in [6.07, 6.45) is 0. The van der Waals surface area contributed by atoms with Crippen LogP contribution in [-0.4, -0.2) is 10.1 Å². The van der Waals surface area contributed by atoms with Gasteiger partial charge in [-0.1, -0.05) is 12.1 Å². The highest BCUT2D eigenvalue weighted by atomic mass is 35.5. The van der Waals surface area contributed by atoms with Gasteiger partial charge in [-0.3, -0.25) is 4.79 Å². The third-order valence-corrected chi connectivity index (χ3v) is 3.09. The zero-order valence-corrected chi connectivity index (χ0v) is 10.8. The summed E-state index contributed by atoms with van der Waals surface area (Å²) in [4.78, 5) is 14.6. The number of fused-ring (bicyclic) bond motifs is 3. The number of nitrogens with one attached hydrogen (secondary N) is 1. The van der Waals surface area contributed by atoms with E-state index in [9.17, 15) is 14.3 Å². The first-order chi connectivity index (χ1) is 8.58. The fourth-order valence-electron chi connectivity index (χ4n) is 2.30. The number of halogens is 2. The third-order valence-electron chi connectivity index (χ3n) is 3.09. The number of rotatable bonds is 0. The van der Waals surface area contributed by atoms with E-state index in [1.807, 2.05) is 0 Å². The van der Waals surface area contributed by atoms with Crippen LogP contribution < -0.4 is 5.56 Å². The molecule has 2 N–H and O–H groups in total. The maximum Gasteiger partial charge on any atom is 0.259 e. The first-order valence-electron chi connectivity index (χ1n) is 5.52. The van der Waals surface area contributed by atoms with E-state index in [0.29, 0.717) is 16.3 Å². The number of phenolic OH excluding ortho intramolecular Hbond substituents is 1. The number of H-pyrrole nitrogens is 1. The average Bonchev–Trinajstić information content (AvgIpc) is 2.31. The Bertz CT molecular complexity index is 842. The first kappa shape index (κ1) is 13.4. The minimum absolute atomic E-state index is 0. The minimum Gasteiger partial charge on any atom is -0.508 e. The molecule has 5 heteroatoms. The molecule has 1 heterocycles. The Hall–Kier alpha value is -2.07. The molecule has 1 aromatic heterocycles. The number of hydrogen-bond acceptors (Lipinski definition) is 2. The van der Waals surface area contributed by atoms with Gasteiger partial charge in [-0.15, -0.1) is 12.4 Å². The van der Waals surface area contributed by atoms with E-state index in [1.165, 1.54) is 12.1 Å². The monoisotopic (exact) mass is 279 g/mol. The molecular weight excluding hydrogens is 269 g/mol. The zero-order valence-electron chi connectivity index (χ0n) is 10.0. The lowest BCUT2D eigenvalue weighted by Crippen LogP contribution is -2.08. The fourth-order valence-corrected chi connectivity index (χ4v) is 2.30. The van der Waals surface area contributed by atoms with Crippen LogP contribution in [0.3, 0.4) is 0 Å². The summed E-state index contributed by atoms with van der Waals surface area (Å²) >= 11 is 0. The van der Waals surface area contributed by atoms with Crippen molar-refractivity contribution in [3.63, 3.8) is 0 Å². The Balaban J connectivity index is 0.00000133. The molecule has 0 bridgehead atoms. The smallest absolute Gasteiger partial charge is 0.259 e. The Labute approximate surface area is 114 Å². The van der Waals surface area contributed by atoms with Crippen LogP contribution in [0.15, 0.2) is 35.1 Å². The molecule has 0 fully saturated rings. The van der Waals surface area contributed by atoms with E-state index in [-0.39, 0.29) is 23.5 Å². The number of aromatic hydroxyl groups is 1. The Morgan fingerprint density at radius 2 is 1.95 bits per heavy atom. The van der Waals surface area contributed by atoms with Crippen LogP contribution >= 0.6 is 12.4 Å². The van der Waals surface area contributed by atoms with E-state index in [0.717, 1.165) is 5.56 Å². The molecule has 0 radical (unpaired) electrons. The molecule has 98 valence electrons. The Morgan fingerprint density at radius 1 is 1.21 bits per heavy atom. The van der Waals surface area contributed by atoms with Crippen LogP contribution in [0.25, 0.3) is 21.7 Å². The van der Waals surface area contributed by atoms with Gasteiger partial charge in [0.2, 0.25) is 0 Å². The summed E-state index contributed by atoms with van der Waals surface area (Å²) in [5.74, 6) is -0.464. The summed E-state index contributed by atoms with van der Waals surface area (Å²) in [6.45, 7) is 1.78. The lowest BCUT2D eigenvalue weighted by Gasteiger charge is -2.07. The summed E-state index contributed by atoms with van der Waals surface area (Å²) in [5, 5.41) is 10.8. The van der Waals surface area contributed by atoms with Gasteiger partial charge in [0.25, 0.3) is 5.56 Å². The fraction of sp³-hybridized carbons (Fsp3) is 0.0714. The molecule has 0 atom stereocenters. The molecule has 0 spiro atoms. The van der Waals surface area contributed by atoms with Crippen LogP contribution in [0.1, 0.15) is 5.56 Å². The van der Waals surface area contributed by atoms with E-state index in [1.54, 1.807) is 25.1 Å². The van der Waals surface area contributed by atoms with Gasteiger partial charge in [-0.05, 0) is 36.1 Å². The molecule has 3 nitrogen and oxygen atoms in total. The molecule has 0 aliphatic heterocycles. The highest BCUT2D eigenvalue weighted by molar-refractivity contribution is 6.06. The van der Waals surface area contributed by atoms with Crippen molar-refractivity contribution >= 4 is 34.1 Å². The normalized spacial score (nSPS) is 10.6. The lowest BCUT2D eigenvalue weighted by atomic mass is 10.0. The largest absolute Gasteiger partial charge is 0.508 e.